The molecule has 3 aromatic heterocycles. The maximum atomic E-state index is 5.57. The summed E-state index contributed by atoms with van der Waals surface area (Å²) >= 11 is 0. The van der Waals surface area contributed by atoms with Crippen LogP contribution >= 0.6 is 0 Å². The van der Waals surface area contributed by atoms with E-state index in [9.17, 15) is 0 Å². The van der Waals surface area contributed by atoms with E-state index >= 15 is 0 Å². The molecule has 4 heteroatoms. The van der Waals surface area contributed by atoms with E-state index in [4.69, 9.17) is 4.42 Å². The molecule has 92 valence electrons. The molecule has 0 fully saturated rings. The standard InChI is InChI=1S/C15H11N3O/c1-10-17-13-6-5-11(8-14(13)19-10)15-16-9-12-4-2-3-7-18(12)15/h2-9H,1H3. The summed E-state index contributed by atoms with van der Waals surface area (Å²) in [6.45, 7) is 1.85. The van der Waals surface area contributed by atoms with E-state index in [0.29, 0.717) is 5.89 Å². The summed E-state index contributed by atoms with van der Waals surface area (Å²) in [5.41, 5.74) is 3.77. The number of fused-ring (bicyclic) bond motifs is 2. The molecule has 0 unspecified atom stereocenters. The minimum atomic E-state index is 0.681. The zero-order chi connectivity index (χ0) is 12.8. The smallest absolute Gasteiger partial charge is 0.192 e. The number of nitrogens with zero attached hydrogens (tertiary/aromatic N) is 3. The van der Waals surface area contributed by atoms with E-state index in [-0.39, 0.29) is 0 Å². The van der Waals surface area contributed by atoms with Gasteiger partial charge >= 0.3 is 0 Å². The van der Waals surface area contributed by atoms with Crippen molar-refractivity contribution in [2.45, 2.75) is 6.92 Å². The summed E-state index contributed by atoms with van der Waals surface area (Å²) in [5.74, 6) is 1.59. The fourth-order valence-electron chi connectivity index (χ4n) is 2.34. The van der Waals surface area contributed by atoms with Gasteiger partial charge in [0.1, 0.15) is 11.3 Å². The number of hydrogen-bond donors (Lipinski definition) is 0. The van der Waals surface area contributed by atoms with Crippen LogP contribution in [0.2, 0.25) is 0 Å². The maximum Gasteiger partial charge on any atom is 0.192 e. The van der Waals surface area contributed by atoms with Gasteiger partial charge in [0.25, 0.3) is 0 Å². The van der Waals surface area contributed by atoms with Crippen molar-refractivity contribution in [3.8, 4) is 11.4 Å². The molecule has 0 aliphatic carbocycles. The third kappa shape index (κ3) is 1.53. The van der Waals surface area contributed by atoms with Crippen LogP contribution in [0, 0.1) is 6.92 Å². The molecule has 3 heterocycles. The Bertz CT molecular complexity index is 889. The van der Waals surface area contributed by atoms with Crippen molar-refractivity contribution in [2.24, 2.45) is 0 Å². The van der Waals surface area contributed by atoms with Crippen LogP contribution in [0.3, 0.4) is 0 Å². The summed E-state index contributed by atoms with van der Waals surface area (Å²) in [4.78, 5) is 8.78. The van der Waals surface area contributed by atoms with Crippen molar-refractivity contribution in [2.75, 3.05) is 0 Å². The number of oxazole rings is 1. The molecule has 19 heavy (non-hydrogen) atoms. The number of aryl methyl sites for hydroxylation is 1. The lowest BCUT2D eigenvalue weighted by atomic mass is 10.2. The Hall–Kier alpha value is -2.62. The van der Waals surface area contributed by atoms with Gasteiger partial charge in [-0.05, 0) is 30.3 Å². The number of hydrogen-bond acceptors (Lipinski definition) is 3. The summed E-state index contributed by atoms with van der Waals surface area (Å²) in [7, 11) is 0. The predicted molar refractivity (Wildman–Crippen MR) is 72.9 cm³/mol. The van der Waals surface area contributed by atoms with E-state index in [2.05, 4.69) is 14.4 Å². The number of benzene rings is 1. The fraction of sp³-hybridized carbons (Fsp3) is 0.0667. The molecule has 0 saturated heterocycles. The van der Waals surface area contributed by atoms with Gasteiger partial charge in [-0.3, -0.25) is 4.40 Å². The first-order chi connectivity index (χ1) is 9.31. The van der Waals surface area contributed by atoms with Crippen molar-refractivity contribution < 1.29 is 4.42 Å². The van der Waals surface area contributed by atoms with Gasteiger partial charge in [0.15, 0.2) is 11.5 Å². The van der Waals surface area contributed by atoms with Gasteiger partial charge in [0.2, 0.25) is 0 Å². The molecule has 1 aromatic carbocycles. The highest BCUT2D eigenvalue weighted by atomic mass is 16.3. The van der Waals surface area contributed by atoms with E-state index in [1.165, 1.54) is 0 Å². The molecule has 0 saturated carbocycles. The normalized spacial score (nSPS) is 11.4. The van der Waals surface area contributed by atoms with Crippen LogP contribution in [-0.4, -0.2) is 14.4 Å². The van der Waals surface area contributed by atoms with Crippen molar-refractivity contribution >= 4 is 16.6 Å². The first kappa shape index (κ1) is 10.3. The average Bonchev–Trinajstić information content (AvgIpc) is 2.99. The fourth-order valence-corrected chi connectivity index (χ4v) is 2.34. The molecule has 4 nitrogen and oxygen atoms in total. The van der Waals surface area contributed by atoms with Crippen molar-refractivity contribution in [3.05, 3.63) is 54.7 Å². The lowest BCUT2D eigenvalue weighted by Crippen LogP contribution is -1.88. The molecule has 4 aromatic rings. The summed E-state index contributed by atoms with van der Waals surface area (Å²) < 4.78 is 7.63. The Morgan fingerprint density at radius 1 is 1.16 bits per heavy atom. The quantitative estimate of drug-likeness (QED) is 0.519. The summed E-state index contributed by atoms with van der Waals surface area (Å²) in [6, 6.07) is 12.0. The molecule has 0 atom stereocenters. The van der Waals surface area contributed by atoms with Gasteiger partial charge in [-0.2, -0.15) is 0 Å². The Morgan fingerprint density at radius 2 is 2.11 bits per heavy atom. The Balaban J connectivity index is 1.98. The maximum absolute atomic E-state index is 5.57. The van der Waals surface area contributed by atoms with Gasteiger partial charge in [-0.15, -0.1) is 0 Å². The number of pyridine rings is 1. The average molecular weight is 249 g/mol. The minimum absolute atomic E-state index is 0.681. The second-order valence-corrected chi connectivity index (χ2v) is 4.49. The largest absolute Gasteiger partial charge is 0.441 e. The van der Waals surface area contributed by atoms with Gasteiger partial charge in [0, 0.05) is 18.7 Å². The lowest BCUT2D eigenvalue weighted by Gasteiger charge is -2.00. The molecule has 0 aliphatic heterocycles. The van der Waals surface area contributed by atoms with Crippen molar-refractivity contribution in [3.63, 3.8) is 0 Å². The van der Waals surface area contributed by atoms with E-state index < -0.39 is 0 Å². The molecule has 0 bridgehead atoms. The molecule has 4 rings (SSSR count). The summed E-state index contributed by atoms with van der Waals surface area (Å²) in [5, 5.41) is 0. The van der Waals surface area contributed by atoms with E-state index in [1.54, 1.807) is 0 Å². The monoisotopic (exact) mass is 249 g/mol. The van der Waals surface area contributed by atoms with Gasteiger partial charge in [-0.1, -0.05) is 6.07 Å². The lowest BCUT2D eigenvalue weighted by molar-refractivity contribution is 0.561. The highest BCUT2D eigenvalue weighted by Crippen LogP contribution is 2.24. The molecule has 0 radical (unpaired) electrons. The second-order valence-electron chi connectivity index (χ2n) is 4.49. The van der Waals surface area contributed by atoms with Crippen LogP contribution in [-0.2, 0) is 0 Å². The molecule has 0 N–H and O–H groups in total. The van der Waals surface area contributed by atoms with Crippen LogP contribution in [0.5, 0.6) is 0 Å². The Labute approximate surface area is 109 Å². The zero-order valence-corrected chi connectivity index (χ0v) is 10.4. The first-order valence-corrected chi connectivity index (χ1v) is 6.11. The number of imidazole rings is 1. The second kappa shape index (κ2) is 3.68. The Morgan fingerprint density at radius 3 is 3.05 bits per heavy atom. The van der Waals surface area contributed by atoms with Crippen LogP contribution in [0.1, 0.15) is 5.89 Å². The molecular formula is C15H11N3O. The van der Waals surface area contributed by atoms with Gasteiger partial charge in [0.05, 0.1) is 11.7 Å². The minimum Gasteiger partial charge on any atom is -0.441 e. The van der Waals surface area contributed by atoms with Crippen molar-refractivity contribution in [1.82, 2.24) is 14.4 Å². The molecule has 0 amide bonds. The predicted octanol–water partition coefficient (Wildman–Crippen LogP) is 3.45. The third-order valence-corrected chi connectivity index (χ3v) is 3.19. The molecular weight excluding hydrogens is 238 g/mol. The highest BCUT2D eigenvalue weighted by Gasteiger charge is 2.09. The zero-order valence-electron chi connectivity index (χ0n) is 10.4. The number of aromatic nitrogens is 3. The highest BCUT2D eigenvalue weighted by molar-refractivity contribution is 5.79. The van der Waals surface area contributed by atoms with Gasteiger partial charge < -0.3 is 4.42 Å². The van der Waals surface area contributed by atoms with Crippen molar-refractivity contribution in [1.29, 1.82) is 0 Å². The topological polar surface area (TPSA) is 43.3 Å². The van der Waals surface area contributed by atoms with Crippen LogP contribution in [0.25, 0.3) is 28.0 Å². The SMILES string of the molecule is Cc1nc2ccc(-c3ncc4ccccn34)cc2o1. The van der Waals surface area contributed by atoms with E-state index in [0.717, 1.165) is 28.0 Å². The number of rotatable bonds is 1. The van der Waals surface area contributed by atoms with Crippen LogP contribution in [0.15, 0.2) is 53.2 Å². The van der Waals surface area contributed by atoms with Gasteiger partial charge in [-0.25, -0.2) is 9.97 Å². The molecule has 0 aliphatic rings. The van der Waals surface area contributed by atoms with E-state index in [1.807, 2.05) is 55.7 Å². The first-order valence-electron chi connectivity index (χ1n) is 6.11. The molecule has 0 spiro atoms. The Kier molecular flexibility index (Phi) is 2.00. The van der Waals surface area contributed by atoms with Crippen LogP contribution in [0.4, 0.5) is 0 Å². The van der Waals surface area contributed by atoms with Crippen LogP contribution < -0.4 is 0 Å². The third-order valence-electron chi connectivity index (χ3n) is 3.19. The summed E-state index contributed by atoms with van der Waals surface area (Å²) in [6.07, 6.45) is 3.87.